The SMILES string of the molecule is O=[P+]=C1CC=Cc2[nH]c3ccccc3c(=O)c21. The van der Waals surface area contributed by atoms with Crippen LogP contribution in [0.25, 0.3) is 17.0 Å². The number of rotatable bonds is 0. The topological polar surface area (TPSA) is 49.9 Å². The van der Waals surface area contributed by atoms with Gasteiger partial charge in [0.15, 0.2) is 0 Å². The number of H-pyrrole nitrogens is 1. The molecule has 0 amide bonds. The maximum absolute atomic E-state index is 12.3. The Morgan fingerprint density at radius 1 is 1.24 bits per heavy atom. The van der Waals surface area contributed by atoms with Gasteiger partial charge in [0.2, 0.25) is 0 Å². The fourth-order valence-corrected chi connectivity index (χ4v) is 2.63. The summed E-state index contributed by atoms with van der Waals surface area (Å²) in [6, 6.07) is 7.37. The Morgan fingerprint density at radius 3 is 2.88 bits per heavy atom. The van der Waals surface area contributed by atoms with Gasteiger partial charge in [0.1, 0.15) is 0 Å². The van der Waals surface area contributed by atoms with Gasteiger partial charge in [-0.1, -0.05) is 0 Å². The van der Waals surface area contributed by atoms with Gasteiger partial charge < -0.3 is 0 Å². The zero-order valence-corrected chi connectivity index (χ0v) is 9.83. The number of aromatic nitrogens is 1. The molecular weight excluding hydrogens is 233 g/mol. The summed E-state index contributed by atoms with van der Waals surface area (Å²) >= 11 is 0. The Morgan fingerprint density at radius 2 is 2.06 bits per heavy atom. The number of nitrogens with one attached hydrogen (secondary N) is 1. The van der Waals surface area contributed by atoms with E-state index in [1.807, 2.05) is 30.4 Å². The summed E-state index contributed by atoms with van der Waals surface area (Å²) in [6.45, 7) is 0. The van der Waals surface area contributed by atoms with Gasteiger partial charge in [-0.25, -0.2) is 0 Å². The molecule has 4 heteroatoms. The molecule has 1 heterocycles. The quantitative estimate of drug-likeness (QED) is 0.722. The van der Waals surface area contributed by atoms with E-state index in [9.17, 15) is 9.36 Å². The third kappa shape index (κ3) is 1.55. The Labute approximate surface area is 98.6 Å². The monoisotopic (exact) mass is 242 g/mol. The number of fused-ring (bicyclic) bond motifs is 2. The average Bonchev–Trinajstić information content (AvgIpc) is 2.38. The Balaban J connectivity index is 2.53. The fourth-order valence-electron chi connectivity index (χ4n) is 2.14. The molecule has 3 nitrogen and oxygen atoms in total. The van der Waals surface area contributed by atoms with Crippen molar-refractivity contribution in [3.63, 3.8) is 0 Å². The molecule has 0 fully saturated rings. The first-order chi connectivity index (χ1) is 8.31. The average molecular weight is 242 g/mol. The van der Waals surface area contributed by atoms with Gasteiger partial charge in [0, 0.05) is 0 Å². The molecule has 1 aromatic heterocycles. The first-order valence-corrected chi connectivity index (χ1v) is 6.13. The third-order valence-corrected chi connectivity index (χ3v) is 3.56. The van der Waals surface area contributed by atoms with Crippen molar-refractivity contribution in [3.05, 3.63) is 51.8 Å². The predicted molar refractivity (Wildman–Crippen MR) is 69.9 cm³/mol. The summed E-state index contributed by atoms with van der Waals surface area (Å²) in [5.41, 5.74) is 2.07. The second-order valence-electron chi connectivity index (χ2n) is 3.93. The molecule has 0 atom stereocenters. The summed E-state index contributed by atoms with van der Waals surface area (Å²) in [5.74, 6) is 0. The van der Waals surface area contributed by atoms with Gasteiger partial charge in [-0.3, -0.25) is 0 Å². The van der Waals surface area contributed by atoms with Gasteiger partial charge in [0.25, 0.3) is 0 Å². The van der Waals surface area contributed by atoms with Gasteiger partial charge in [-0.2, -0.15) is 0 Å². The minimum absolute atomic E-state index is 0.0444. The van der Waals surface area contributed by atoms with Crippen molar-refractivity contribution in [2.75, 3.05) is 0 Å². The van der Waals surface area contributed by atoms with Crippen LogP contribution in [0.4, 0.5) is 0 Å². The van der Waals surface area contributed by atoms with Crippen LogP contribution in [0.1, 0.15) is 17.7 Å². The molecule has 17 heavy (non-hydrogen) atoms. The number of pyridine rings is 1. The van der Waals surface area contributed by atoms with Crippen molar-refractivity contribution in [1.82, 2.24) is 4.98 Å². The standard InChI is InChI=1S/C13H8NO2P/c15-13-8-4-1-2-5-9(8)14-10-6-3-7-11(17-16)12(10)13/h1-6H,7H2/p+1. The van der Waals surface area contributed by atoms with Crippen LogP contribution in [-0.4, -0.2) is 10.3 Å². The zero-order valence-electron chi connectivity index (χ0n) is 8.93. The van der Waals surface area contributed by atoms with Crippen LogP contribution < -0.4 is 5.43 Å². The second-order valence-corrected chi connectivity index (χ2v) is 4.66. The molecule has 1 aliphatic rings. The van der Waals surface area contributed by atoms with E-state index in [4.69, 9.17) is 0 Å². The van der Waals surface area contributed by atoms with Crippen molar-refractivity contribution < 1.29 is 4.57 Å². The van der Waals surface area contributed by atoms with E-state index in [1.54, 1.807) is 6.07 Å². The number of hydrogen-bond acceptors (Lipinski definition) is 2. The molecule has 0 unspecified atom stereocenters. The van der Waals surface area contributed by atoms with Crippen molar-refractivity contribution in [2.24, 2.45) is 0 Å². The second kappa shape index (κ2) is 3.94. The Bertz CT molecular complexity index is 752. The van der Waals surface area contributed by atoms with E-state index in [0.717, 1.165) is 11.2 Å². The number of aromatic amines is 1. The summed E-state index contributed by atoms with van der Waals surface area (Å²) in [4.78, 5) is 15.5. The molecule has 0 saturated heterocycles. The molecule has 0 spiro atoms. The van der Waals surface area contributed by atoms with Crippen LogP contribution in [-0.2, 0) is 4.57 Å². The maximum atomic E-state index is 12.3. The summed E-state index contributed by atoms with van der Waals surface area (Å²) in [7, 11) is -0.0783. The number of para-hydroxylation sites is 1. The van der Waals surface area contributed by atoms with Crippen molar-refractivity contribution in [1.29, 1.82) is 0 Å². The molecule has 2 aromatic rings. The number of benzene rings is 1. The fraction of sp³-hybridized carbons (Fsp3) is 0.0769. The van der Waals surface area contributed by atoms with E-state index >= 15 is 0 Å². The summed E-state index contributed by atoms with van der Waals surface area (Å²) in [6.07, 6.45) is 4.35. The molecule has 3 rings (SSSR count). The van der Waals surface area contributed by atoms with Crippen LogP contribution in [0.15, 0.2) is 35.1 Å². The van der Waals surface area contributed by atoms with Gasteiger partial charge in [-0.05, 0) is 0 Å². The zero-order chi connectivity index (χ0) is 11.8. The van der Waals surface area contributed by atoms with E-state index in [2.05, 4.69) is 4.98 Å². The molecule has 0 aliphatic heterocycles. The molecule has 1 N–H and O–H groups in total. The van der Waals surface area contributed by atoms with Crippen LogP contribution in [0.3, 0.4) is 0 Å². The summed E-state index contributed by atoms with van der Waals surface area (Å²) in [5, 5.41) is 1.29. The molecular formula is C13H9NO2P+. The molecule has 0 saturated carbocycles. The van der Waals surface area contributed by atoms with Crippen molar-refractivity contribution in [3.8, 4) is 0 Å². The number of hydrogen-bond donors (Lipinski definition) is 1. The van der Waals surface area contributed by atoms with E-state index in [1.165, 1.54) is 0 Å². The van der Waals surface area contributed by atoms with Gasteiger partial charge >= 0.3 is 98.1 Å². The van der Waals surface area contributed by atoms with Crippen LogP contribution in [0.5, 0.6) is 0 Å². The molecule has 0 radical (unpaired) electrons. The minimum atomic E-state index is -0.0783. The van der Waals surface area contributed by atoms with E-state index < -0.39 is 0 Å². The van der Waals surface area contributed by atoms with Gasteiger partial charge in [0.05, 0.1) is 0 Å². The van der Waals surface area contributed by atoms with E-state index in [0.29, 0.717) is 22.7 Å². The Hall–Kier alpha value is -1.73. The van der Waals surface area contributed by atoms with Crippen LogP contribution in [0, 0.1) is 0 Å². The Kier molecular flexibility index (Phi) is 2.41. The van der Waals surface area contributed by atoms with Crippen molar-refractivity contribution >= 4 is 30.4 Å². The third-order valence-electron chi connectivity index (χ3n) is 2.93. The molecule has 82 valence electrons. The van der Waals surface area contributed by atoms with Crippen LogP contribution >= 0.6 is 8.08 Å². The van der Waals surface area contributed by atoms with Gasteiger partial charge in [-0.15, -0.1) is 0 Å². The molecule has 1 aromatic carbocycles. The number of allylic oxidation sites excluding steroid dienone is 1. The first-order valence-electron chi connectivity index (χ1n) is 5.32. The van der Waals surface area contributed by atoms with Crippen molar-refractivity contribution in [2.45, 2.75) is 6.42 Å². The molecule has 0 bridgehead atoms. The predicted octanol–water partition coefficient (Wildman–Crippen LogP) is 2.76. The van der Waals surface area contributed by atoms with E-state index in [-0.39, 0.29) is 13.5 Å². The normalized spacial score (nSPS) is 13.8. The molecule has 1 aliphatic carbocycles. The summed E-state index contributed by atoms with van der Waals surface area (Å²) < 4.78 is 11.1. The first kappa shape index (κ1) is 10.4. The van der Waals surface area contributed by atoms with Crippen LogP contribution in [0.2, 0.25) is 0 Å².